The van der Waals surface area contributed by atoms with Gasteiger partial charge in [0, 0.05) is 45.3 Å². The molecule has 1 rings (SSSR count). The van der Waals surface area contributed by atoms with Crippen molar-refractivity contribution >= 4 is 29.9 Å². The molecular weight excluding hydrogens is 425 g/mol. The van der Waals surface area contributed by atoms with Crippen LogP contribution in [0.4, 0.5) is 0 Å². The third kappa shape index (κ3) is 10.6. The molecule has 0 bridgehead atoms. The van der Waals surface area contributed by atoms with Crippen molar-refractivity contribution in [3.63, 3.8) is 0 Å². The van der Waals surface area contributed by atoms with Gasteiger partial charge in [0.2, 0.25) is 0 Å². The minimum Gasteiger partial charge on any atom is -0.356 e. The highest BCUT2D eigenvalue weighted by atomic mass is 127. The van der Waals surface area contributed by atoms with Crippen LogP contribution in [0, 0.1) is 5.92 Å². The molecule has 2 N–H and O–H groups in total. The van der Waals surface area contributed by atoms with E-state index < -0.39 is 0 Å². The Labute approximate surface area is 173 Å². The number of nitrogens with one attached hydrogen (secondary N) is 2. The average molecular weight is 467 g/mol. The van der Waals surface area contributed by atoms with E-state index in [1.165, 1.54) is 38.9 Å². The van der Waals surface area contributed by atoms with Crippen molar-refractivity contribution in [2.45, 2.75) is 66.0 Å². The van der Waals surface area contributed by atoms with Gasteiger partial charge >= 0.3 is 0 Å². The summed E-state index contributed by atoms with van der Waals surface area (Å²) in [6.07, 6.45) is 3.94. The Morgan fingerprint density at radius 3 is 2.36 bits per heavy atom. The second-order valence-electron chi connectivity index (χ2n) is 7.75. The summed E-state index contributed by atoms with van der Waals surface area (Å²) in [6.45, 7) is 18.1. The first kappa shape index (κ1) is 24.9. The quantitative estimate of drug-likeness (QED) is 0.237. The van der Waals surface area contributed by atoms with Gasteiger partial charge in [-0.25, -0.2) is 0 Å². The first-order valence-corrected chi connectivity index (χ1v) is 9.86. The Balaban J connectivity index is 0.00000576. The fourth-order valence-electron chi connectivity index (χ4n) is 3.64. The molecule has 0 radical (unpaired) electrons. The van der Waals surface area contributed by atoms with Crippen LogP contribution in [0.2, 0.25) is 0 Å². The third-order valence-corrected chi connectivity index (χ3v) is 4.90. The van der Waals surface area contributed by atoms with Crippen LogP contribution in [-0.2, 0) is 0 Å². The van der Waals surface area contributed by atoms with Crippen LogP contribution < -0.4 is 10.6 Å². The predicted molar refractivity (Wildman–Crippen MR) is 121 cm³/mol. The molecule has 1 unspecified atom stereocenters. The largest absolute Gasteiger partial charge is 0.356 e. The molecule has 0 aromatic heterocycles. The zero-order valence-electron chi connectivity index (χ0n) is 17.3. The van der Waals surface area contributed by atoms with Crippen LogP contribution in [0.15, 0.2) is 4.99 Å². The standard InChI is InChI=1S/C19H41N5.HI/c1-16(2)24(17(3)4)14-11-22-19(20-6)21-10-8-13-23-12-7-9-18(5)15-23;/h16-18H,7-15H2,1-6H3,(H2,20,21,22);1H. The lowest BCUT2D eigenvalue weighted by molar-refractivity contribution is 0.178. The van der Waals surface area contributed by atoms with Crippen LogP contribution in [-0.4, -0.2) is 74.2 Å². The van der Waals surface area contributed by atoms with Gasteiger partial charge in [-0.1, -0.05) is 6.92 Å². The van der Waals surface area contributed by atoms with Gasteiger partial charge in [-0.15, -0.1) is 24.0 Å². The summed E-state index contributed by atoms with van der Waals surface area (Å²) in [4.78, 5) is 9.44. The average Bonchev–Trinajstić information content (AvgIpc) is 2.52. The molecule has 0 saturated carbocycles. The highest BCUT2D eigenvalue weighted by molar-refractivity contribution is 14.0. The minimum atomic E-state index is 0. The van der Waals surface area contributed by atoms with E-state index >= 15 is 0 Å². The Morgan fingerprint density at radius 1 is 1.16 bits per heavy atom. The molecule has 1 saturated heterocycles. The topological polar surface area (TPSA) is 42.9 Å². The zero-order chi connectivity index (χ0) is 17.9. The summed E-state index contributed by atoms with van der Waals surface area (Å²) in [7, 11) is 1.85. The Morgan fingerprint density at radius 2 is 1.80 bits per heavy atom. The highest BCUT2D eigenvalue weighted by Gasteiger charge is 2.15. The Kier molecular flexibility index (Phi) is 14.0. The van der Waals surface area contributed by atoms with Crippen molar-refractivity contribution < 1.29 is 0 Å². The number of rotatable bonds is 9. The SMILES string of the molecule is CN=C(NCCCN1CCCC(C)C1)NCCN(C(C)C)C(C)C.I. The highest BCUT2D eigenvalue weighted by Crippen LogP contribution is 2.15. The molecule has 0 aliphatic carbocycles. The molecule has 1 heterocycles. The lowest BCUT2D eigenvalue weighted by Crippen LogP contribution is -2.45. The van der Waals surface area contributed by atoms with E-state index in [0.717, 1.165) is 31.5 Å². The lowest BCUT2D eigenvalue weighted by Gasteiger charge is -2.31. The van der Waals surface area contributed by atoms with Gasteiger partial charge in [-0.05, 0) is 66.0 Å². The maximum absolute atomic E-state index is 4.33. The molecule has 1 aliphatic heterocycles. The third-order valence-electron chi connectivity index (χ3n) is 4.90. The van der Waals surface area contributed by atoms with E-state index in [2.05, 4.69) is 60.0 Å². The molecule has 1 atom stereocenters. The normalized spacial score (nSPS) is 19.4. The molecule has 0 aromatic carbocycles. The van der Waals surface area contributed by atoms with Gasteiger partial charge < -0.3 is 15.5 Å². The van der Waals surface area contributed by atoms with Crippen molar-refractivity contribution in [3.05, 3.63) is 0 Å². The van der Waals surface area contributed by atoms with Gasteiger partial charge in [0.05, 0.1) is 0 Å². The van der Waals surface area contributed by atoms with Crippen molar-refractivity contribution in [3.8, 4) is 0 Å². The van der Waals surface area contributed by atoms with Crippen LogP contribution in [0.1, 0.15) is 53.9 Å². The van der Waals surface area contributed by atoms with E-state index in [1.807, 2.05) is 7.05 Å². The first-order valence-electron chi connectivity index (χ1n) is 9.86. The molecule has 25 heavy (non-hydrogen) atoms. The van der Waals surface area contributed by atoms with Crippen LogP contribution in [0.25, 0.3) is 0 Å². The summed E-state index contributed by atoms with van der Waals surface area (Å²) >= 11 is 0. The zero-order valence-corrected chi connectivity index (χ0v) is 19.7. The number of likely N-dealkylation sites (tertiary alicyclic amines) is 1. The molecule has 1 fully saturated rings. The minimum absolute atomic E-state index is 0. The number of guanidine groups is 1. The molecular formula is C19H42IN5. The fourth-order valence-corrected chi connectivity index (χ4v) is 3.64. The van der Waals surface area contributed by atoms with Gasteiger partial charge in [-0.2, -0.15) is 0 Å². The van der Waals surface area contributed by atoms with Crippen molar-refractivity contribution in [1.82, 2.24) is 20.4 Å². The molecule has 150 valence electrons. The first-order chi connectivity index (χ1) is 11.4. The Bertz CT molecular complexity index is 352. The molecule has 0 amide bonds. The van der Waals surface area contributed by atoms with E-state index in [9.17, 15) is 0 Å². The molecule has 5 nitrogen and oxygen atoms in total. The van der Waals surface area contributed by atoms with Crippen molar-refractivity contribution in [2.24, 2.45) is 10.9 Å². The number of nitrogens with zero attached hydrogens (tertiary/aromatic N) is 3. The summed E-state index contributed by atoms with van der Waals surface area (Å²) in [5.41, 5.74) is 0. The lowest BCUT2D eigenvalue weighted by atomic mass is 10.0. The maximum Gasteiger partial charge on any atom is 0.191 e. The van der Waals surface area contributed by atoms with Crippen LogP contribution in [0.3, 0.4) is 0 Å². The number of piperidine rings is 1. The van der Waals surface area contributed by atoms with Gasteiger partial charge in [0.25, 0.3) is 0 Å². The van der Waals surface area contributed by atoms with Gasteiger partial charge in [-0.3, -0.25) is 9.89 Å². The summed E-state index contributed by atoms with van der Waals surface area (Å²) in [5, 5.41) is 6.88. The number of hydrogen-bond donors (Lipinski definition) is 2. The number of halogens is 1. The molecule has 0 aromatic rings. The molecule has 6 heteroatoms. The summed E-state index contributed by atoms with van der Waals surface area (Å²) in [6, 6.07) is 1.16. The maximum atomic E-state index is 4.33. The summed E-state index contributed by atoms with van der Waals surface area (Å²) < 4.78 is 0. The Hall–Kier alpha value is -0.0800. The van der Waals surface area contributed by atoms with Gasteiger partial charge in [0.15, 0.2) is 5.96 Å². The second-order valence-corrected chi connectivity index (χ2v) is 7.75. The van der Waals surface area contributed by atoms with Gasteiger partial charge in [0.1, 0.15) is 0 Å². The predicted octanol–water partition coefficient (Wildman–Crippen LogP) is 3.01. The molecule has 1 aliphatic rings. The van der Waals surface area contributed by atoms with Crippen molar-refractivity contribution in [1.29, 1.82) is 0 Å². The van der Waals surface area contributed by atoms with E-state index in [0.29, 0.717) is 12.1 Å². The smallest absolute Gasteiger partial charge is 0.191 e. The number of hydrogen-bond acceptors (Lipinski definition) is 3. The van der Waals surface area contributed by atoms with E-state index in [4.69, 9.17) is 0 Å². The van der Waals surface area contributed by atoms with E-state index in [1.54, 1.807) is 0 Å². The van der Waals surface area contributed by atoms with Crippen LogP contribution >= 0.6 is 24.0 Å². The second kappa shape index (κ2) is 14.0. The van der Waals surface area contributed by atoms with Crippen LogP contribution in [0.5, 0.6) is 0 Å². The fraction of sp³-hybridized carbons (Fsp3) is 0.947. The summed E-state index contributed by atoms with van der Waals surface area (Å²) in [5.74, 6) is 1.79. The monoisotopic (exact) mass is 467 g/mol. The van der Waals surface area contributed by atoms with E-state index in [-0.39, 0.29) is 24.0 Å². The molecule has 0 spiro atoms. The van der Waals surface area contributed by atoms with Crippen molar-refractivity contribution in [2.75, 3.05) is 46.3 Å². The number of aliphatic imine (C=N–C) groups is 1.